The van der Waals surface area contributed by atoms with Crippen molar-refractivity contribution in [1.29, 1.82) is 0 Å². The zero-order valence-electron chi connectivity index (χ0n) is 9.99. The van der Waals surface area contributed by atoms with Gasteiger partial charge in [-0.3, -0.25) is 0 Å². The third-order valence-corrected chi connectivity index (χ3v) is 2.58. The molecule has 0 aromatic rings. The first-order valence-electron chi connectivity index (χ1n) is 5.62. The van der Waals surface area contributed by atoms with E-state index in [1.807, 2.05) is 4.90 Å². The molecule has 1 N–H and O–H groups in total. The summed E-state index contributed by atoms with van der Waals surface area (Å²) in [5.74, 6) is 0. The molecular weight excluding hydrogens is 192 g/mol. The number of urea groups is 1. The molecule has 4 nitrogen and oxygen atoms in total. The molecule has 0 unspecified atom stereocenters. The van der Waals surface area contributed by atoms with Crippen LogP contribution in [0.4, 0.5) is 4.79 Å². The Morgan fingerprint density at radius 2 is 1.87 bits per heavy atom. The molecule has 2 amide bonds. The number of hydrogen-bond donors (Lipinski definition) is 1. The lowest BCUT2D eigenvalue weighted by molar-refractivity contribution is 0.0461. The van der Waals surface area contributed by atoms with Gasteiger partial charge in [0, 0.05) is 20.1 Å². The van der Waals surface area contributed by atoms with Gasteiger partial charge in [0.15, 0.2) is 0 Å². The Morgan fingerprint density at radius 1 is 1.33 bits per heavy atom. The van der Waals surface area contributed by atoms with Crippen LogP contribution in [0.5, 0.6) is 0 Å². The minimum Gasteiger partial charge on any atom is -0.389 e. The molecule has 0 spiro atoms. The minimum absolute atomic E-state index is 0.0387. The molecule has 4 heteroatoms. The summed E-state index contributed by atoms with van der Waals surface area (Å²) in [4.78, 5) is 15.4. The van der Waals surface area contributed by atoms with Crippen LogP contribution in [0.15, 0.2) is 0 Å². The number of aliphatic hydroxyl groups is 1. The van der Waals surface area contributed by atoms with Crippen LogP contribution in [-0.4, -0.2) is 53.2 Å². The third kappa shape index (κ3) is 4.08. The Morgan fingerprint density at radius 3 is 2.33 bits per heavy atom. The van der Waals surface area contributed by atoms with E-state index in [-0.39, 0.29) is 6.03 Å². The van der Waals surface area contributed by atoms with E-state index in [1.54, 1.807) is 25.8 Å². The summed E-state index contributed by atoms with van der Waals surface area (Å²) in [5.41, 5.74) is -0.819. The van der Waals surface area contributed by atoms with E-state index in [0.717, 1.165) is 25.9 Å². The highest BCUT2D eigenvalue weighted by Crippen LogP contribution is 2.12. The lowest BCUT2D eigenvalue weighted by atomic mass is 10.1. The maximum absolute atomic E-state index is 11.9. The van der Waals surface area contributed by atoms with Crippen LogP contribution in [0.2, 0.25) is 0 Å². The predicted octanol–water partition coefficient (Wildman–Crippen LogP) is 1.29. The van der Waals surface area contributed by atoms with Gasteiger partial charge in [-0.2, -0.15) is 0 Å². The Hall–Kier alpha value is -0.770. The number of amides is 2. The van der Waals surface area contributed by atoms with Crippen molar-refractivity contribution in [2.75, 3.05) is 26.7 Å². The van der Waals surface area contributed by atoms with Crippen LogP contribution in [0, 0.1) is 0 Å². The number of hydrogen-bond acceptors (Lipinski definition) is 2. The number of carbonyl (C=O) groups excluding carboxylic acids is 1. The molecule has 0 bridgehead atoms. The van der Waals surface area contributed by atoms with E-state index in [4.69, 9.17) is 0 Å². The molecule has 1 fully saturated rings. The van der Waals surface area contributed by atoms with Crippen LogP contribution in [0.25, 0.3) is 0 Å². The second-order valence-corrected chi connectivity index (χ2v) is 5.00. The van der Waals surface area contributed by atoms with Gasteiger partial charge in [-0.15, -0.1) is 0 Å². The van der Waals surface area contributed by atoms with Crippen molar-refractivity contribution in [1.82, 2.24) is 9.80 Å². The Labute approximate surface area is 91.9 Å². The number of likely N-dealkylation sites (N-methyl/N-ethyl adjacent to an activating group) is 1. The average molecular weight is 214 g/mol. The van der Waals surface area contributed by atoms with Gasteiger partial charge in [0.25, 0.3) is 0 Å². The predicted molar refractivity (Wildman–Crippen MR) is 59.7 cm³/mol. The molecule has 0 aromatic carbocycles. The summed E-state index contributed by atoms with van der Waals surface area (Å²) in [5, 5.41) is 9.62. The lowest BCUT2D eigenvalue weighted by Gasteiger charge is -2.33. The average Bonchev–Trinajstić information content (AvgIpc) is 2.15. The van der Waals surface area contributed by atoms with Gasteiger partial charge in [0.05, 0.1) is 12.1 Å². The third-order valence-electron chi connectivity index (χ3n) is 2.58. The Bertz CT molecular complexity index is 217. The van der Waals surface area contributed by atoms with Gasteiger partial charge < -0.3 is 14.9 Å². The quantitative estimate of drug-likeness (QED) is 0.753. The van der Waals surface area contributed by atoms with Crippen LogP contribution < -0.4 is 0 Å². The molecule has 88 valence electrons. The maximum atomic E-state index is 11.9. The van der Waals surface area contributed by atoms with Crippen LogP contribution in [0.1, 0.15) is 33.1 Å². The normalized spacial score (nSPS) is 17.7. The summed E-state index contributed by atoms with van der Waals surface area (Å²) in [6.45, 7) is 5.52. The first-order chi connectivity index (χ1) is 6.90. The second-order valence-electron chi connectivity index (χ2n) is 5.00. The van der Waals surface area contributed by atoms with Crippen molar-refractivity contribution in [2.24, 2.45) is 0 Å². The molecule has 1 heterocycles. The zero-order chi connectivity index (χ0) is 11.5. The molecule has 0 radical (unpaired) electrons. The van der Waals surface area contributed by atoms with Gasteiger partial charge >= 0.3 is 6.03 Å². The molecule has 1 aliphatic heterocycles. The number of piperidine rings is 1. The molecule has 0 saturated carbocycles. The highest BCUT2D eigenvalue weighted by atomic mass is 16.3. The highest BCUT2D eigenvalue weighted by Gasteiger charge is 2.24. The smallest absolute Gasteiger partial charge is 0.319 e. The summed E-state index contributed by atoms with van der Waals surface area (Å²) in [6, 6.07) is 0.0387. The summed E-state index contributed by atoms with van der Waals surface area (Å²) in [7, 11) is 1.74. The zero-order valence-corrected chi connectivity index (χ0v) is 9.99. The standard InChI is InChI=1S/C11H22N2O2/c1-11(2,15)9-12(3)10(14)13-7-5-4-6-8-13/h15H,4-9H2,1-3H3. The number of carbonyl (C=O) groups is 1. The van der Waals surface area contributed by atoms with Crippen molar-refractivity contribution in [3.05, 3.63) is 0 Å². The molecule has 1 aliphatic rings. The molecule has 0 atom stereocenters. The van der Waals surface area contributed by atoms with E-state index < -0.39 is 5.60 Å². The first-order valence-corrected chi connectivity index (χ1v) is 5.62. The fourth-order valence-electron chi connectivity index (χ4n) is 1.97. The van der Waals surface area contributed by atoms with Gasteiger partial charge in [-0.05, 0) is 33.1 Å². The van der Waals surface area contributed by atoms with E-state index in [0.29, 0.717) is 6.54 Å². The topological polar surface area (TPSA) is 43.8 Å². The Balaban J connectivity index is 2.44. The van der Waals surface area contributed by atoms with Crippen molar-refractivity contribution in [3.8, 4) is 0 Å². The van der Waals surface area contributed by atoms with E-state index in [2.05, 4.69) is 0 Å². The molecule has 0 aromatic heterocycles. The van der Waals surface area contributed by atoms with Crippen molar-refractivity contribution < 1.29 is 9.90 Å². The van der Waals surface area contributed by atoms with Gasteiger partial charge in [0.1, 0.15) is 0 Å². The van der Waals surface area contributed by atoms with Gasteiger partial charge in [-0.25, -0.2) is 4.79 Å². The van der Waals surface area contributed by atoms with Crippen LogP contribution in [-0.2, 0) is 0 Å². The van der Waals surface area contributed by atoms with E-state index in [9.17, 15) is 9.90 Å². The van der Waals surface area contributed by atoms with Crippen LogP contribution in [0.3, 0.4) is 0 Å². The lowest BCUT2D eigenvalue weighted by Crippen LogP contribution is -2.48. The second kappa shape index (κ2) is 4.84. The molecule has 1 saturated heterocycles. The monoisotopic (exact) mass is 214 g/mol. The number of nitrogens with zero attached hydrogens (tertiary/aromatic N) is 2. The first kappa shape index (κ1) is 12.3. The summed E-state index contributed by atoms with van der Waals surface area (Å²) < 4.78 is 0. The maximum Gasteiger partial charge on any atom is 0.319 e. The summed E-state index contributed by atoms with van der Waals surface area (Å²) in [6.07, 6.45) is 3.42. The van der Waals surface area contributed by atoms with Gasteiger partial charge in [0.2, 0.25) is 0 Å². The van der Waals surface area contributed by atoms with E-state index >= 15 is 0 Å². The molecule has 15 heavy (non-hydrogen) atoms. The van der Waals surface area contributed by atoms with Crippen LogP contribution >= 0.6 is 0 Å². The molecule has 1 rings (SSSR count). The van der Waals surface area contributed by atoms with Crippen molar-refractivity contribution >= 4 is 6.03 Å². The minimum atomic E-state index is -0.819. The van der Waals surface area contributed by atoms with Gasteiger partial charge in [-0.1, -0.05) is 0 Å². The fourth-order valence-corrected chi connectivity index (χ4v) is 1.97. The fraction of sp³-hybridized carbons (Fsp3) is 0.909. The highest BCUT2D eigenvalue weighted by molar-refractivity contribution is 5.74. The number of likely N-dealkylation sites (tertiary alicyclic amines) is 1. The van der Waals surface area contributed by atoms with Crippen molar-refractivity contribution in [2.45, 2.75) is 38.7 Å². The van der Waals surface area contributed by atoms with Crippen molar-refractivity contribution in [3.63, 3.8) is 0 Å². The molecule has 0 aliphatic carbocycles. The largest absolute Gasteiger partial charge is 0.389 e. The Kier molecular flexibility index (Phi) is 3.97. The summed E-state index contributed by atoms with van der Waals surface area (Å²) >= 11 is 0. The number of rotatable bonds is 2. The van der Waals surface area contributed by atoms with E-state index in [1.165, 1.54) is 6.42 Å². The molecular formula is C11H22N2O2. The SMILES string of the molecule is CN(CC(C)(C)O)C(=O)N1CCCCC1.